The van der Waals surface area contributed by atoms with E-state index in [1.54, 1.807) is 31.4 Å². The fraction of sp³-hybridized carbons (Fsp3) is 0.263. The van der Waals surface area contributed by atoms with Crippen molar-refractivity contribution in [2.75, 3.05) is 18.6 Å². The summed E-state index contributed by atoms with van der Waals surface area (Å²) >= 11 is 5.87. The molecule has 6 heteroatoms. The van der Waals surface area contributed by atoms with Gasteiger partial charge in [0.1, 0.15) is 5.75 Å². The fourth-order valence-electron chi connectivity index (χ4n) is 2.94. The lowest BCUT2D eigenvalue weighted by Crippen LogP contribution is -2.92. The van der Waals surface area contributed by atoms with Gasteiger partial charge in [-0.05, 0) is 42.0 Å². The smallest absolute Gasteiger partial charge is 0.292 e. The molecule has 2 N–H and O–H groups in total. The highest BCUT2D eigenvalue weighted by Gasteiger charge is 2.42. The topological polar surface area (TPSA) is 63.2 Å². The molecule has 0 bridgehead atoms. The molecule has 1 heterocycles. The van der Waals surface area contributed by atoms with E-state index in [9.17, 15) is 9.59 Å². The molecule has 1 aliphatic heterocycles. The van der Waals surface area contributed by atoms with Crippen LogP contribution < -0.4 is 15.0 Å². The monoisotopic (exact) mass is 359 g/mol. The highest BCUT2D eigenvalue weighted by atomic mass is 35.5. The van der Waals surface area contributed by atoms with Crippen LogP contribution in [0.2, 0.25) is 5.02 Å². The Balaban J connectivity index is 1.59. The quantitative estimate of drug-likeness (QED) is 0.800. The molecule has 0 radical (unpaired) electrons. The molecule has 25 heavy (non-hydrogen) atoms. The number of amides is 2. The highest BCUT2D eigenvalue weighted by Crippen LogP contribution is 2.24. The Bertz CT molecular complexity index is 759. The Kier molecular flexibility index (Phi) is 5.36. The Morgan fingerprint density at radius 3 is 2.44 bits per heavy atom. The molecule has 3 rings (SSSR count). The van der Waals surface area contributed by atoms with Crippen LogP contribution >= 0.6 is 11.6 Å². The van der Waals surface area contributed by atoms with Crippen LogP contribution in [0, 0.1) is 0 Å². The summed E-state index contributed by atoms with van der Waals surface area (Å²) in [5.41, 5.74) is 1.74. The van der Waals surface area contributed by atoms with Crippen LogP contribution in [0.1, 0.15) is 12.0 Å². The molecule has 0 aliphatic carbocycles. The summed E-state index contributed by atoms with van der Waals surface area (Å²) < 4.78 is 5.11. The van der Waals surface area contributed by atoms with Crippen molar-refractivity contribution in [3.63, 3.8) is 0 Å². The van der Waals surface area contributed by atoms with E-state index in [-0.39, 0.29) is 24.3 Å². The Morgan fingerprint density at radius 2 is 1.80 bits per heavy atom. The molecule has 1 atom stereocenters. The second-order valence-corrected chi connectivity index (χ2v) is 6.41. The number of anilines is 1. The zero-order chi connectivity index (χ0) is 17.8. The van der Waals surface area contributed by atoms with Crippen LogP contribution in [0.5, 0.6) is 5.75 Å². The Labute approximate surface area is 151 Å². The van der Waals surface area contributed by atoms with E-state index >= 15 is 0 Å². The summed E-state index contributed by atoms with van der Waals surface area (Å²) in [5, 5.41) is 2.65. The molecule has 0 spiro atoms. The van der Waals surface area contributed by atoms with Gasteiger partial charge in [0, 0.05) is 11.4 Å². The van der Waals surface area contributed by atoms with E-state index in [1.165, 1.54) is 4.90 Å². The van der Waals surface area contributed by atoms with Crippen molar-refractivity contribution in [3.8, 4) is 5.75 Å². The molecule has 0 unspecified atom stereocenters. The predicted octanol–water partition coefficient (Wildman–Crippen LogP) is 1.79. The number of benzene rings is 2. The zero-order valence-electron chi connectivity index (χ0n) is 13.9. The molecule has 1 saturated heterocycles. The standard InChI is InChI=1S/C19H19ClN2O3/c1-25-16-8-6-15(7-9-16)22-18(23)12-17(19(22)24)21-11-10-13-2-4-14(20)5-3-13/h2-9,17,21H,10-12H2,1H3/p+1/t17-/m1/s1. The number of ether oxygens (including phenoxy) is 1. The molecule has 2 amide bonds. The first kappa shape index (κ1) is 17.5. The Morgan fingerprint density at radius 1 is 1.12 bits per heavy atom. The van der Waals surface area contributed by atoms with Crippen molar-refractivity contribution >= 4 is 29.1 Å². The zero-order valence-corrected chi connectivity index (χ0v) is 14.7. The van der Waals surface area contributed by atoms with E-state index in [2.05, 4.69) is 0 Å². The summed E-state index contributed by atoms with van der Waals surface area (Å²) in [6, 6.07) is 14.2. The molecule has 0 aromatic heterocycles. The average Bonchev–Trinajstić information content (AvgIpc) is 2.90. The van der Waals surface area contributed by atoms with Gasteiger partial charge in [0.25, 0.3) is 5.91 Å². The lowest BCUT2D eigenvalue weighted by Gasteiger charge is -2.14. The van der Waals surface area contributed by atoms with Gasteiger partial charge in [-0.15, -0.1) is 0 Å². The van der Waals surface area contributed by atoms with Gasteiger partial charge < -0.3 is 10.1 Å². The molecule has 2 aromatic carbocycles. The number of nitrogens with zero attached hydrogens (tertiary/aromatic N) is 1. The van der Waals surface area contributed by atoms with Gasteiger partial charge in [0.15, 0.2) is 6.04 Å². The Hall–Kier alpha value is -2.37. The SMILES string of the molecule is COc1ccc(N2C(=O)C[C@@H]([NH2+]CCc3ccc(Cl)cc3)C2=O)cc1. The summed E-state index contributed by atoms with van der Waals surface area (Å²) in [6.07, 6.45) is 1.04. The second-order valence-electron chi connectivity index (χ2n) is 5.98. The lowest BCUT2D eigenvalue weighted by atomic mass is 10.1. The number of hydrogen-bond acceptors (Lipinski definition) is 3. The van der Waals surface area contributed by atoms with Crippen LogP contribution in [0.15, 0.2) is 48.5 Å². The van der Waals surface area contributed by atoms with E-state index in [1.807, 2.05) is 29.6 Å². The first-order valence-electron chi connectivity index (χ1n) is 8.17. The minimum atomic E-state index is -0.359. The summed E-state index contributed by atoms with van der Waals surface area (Å²) in [7, 11) is 1.58. The number of methoxy groups -OCH3 is 1. The maximum absolute atomic E-state index is 12.6. The fourth-order valence-corrected chi connectivity index (χ4v) is 3.07. The van der Waals surface area contributed by atoms with Crippen LogP contribution in [0.25, 0.3) is 0 Å². The van der Waals surface area contributed by atoms with Gasteiger partial charge in [-0.1, -0.05) is 23.7 Å². The first-order chi connectivity index (χ1) is 12.1. The lowest BCUT2D eigenvalue weighted by molar-refractivity contribution is -0.674. The van der Waals surface area contributed by atoms with Crippen LogP contribution in [0.3, 0.4) is 0 Å². The van der Waals surface area contributed by atoms with Crippen molar-refractivity contribution in [1.29, 1.82) is 0 Å². The van der Waals surface area contributed by atoms with E-state index < -0.39 is 0 Å². The van der Waals surface area contributed by atoms with Crippen LogP contribution in [-0.4, -0.2) is 31.5 Å². The molecular formula is C19H20ClN2O3+. The number of imide groups is 1. The molecule has 2 aromatic rings. The van der Waals surface area contributed by atoms with Crippen molar-refractivity contribution in [2.24, 2.45) is 0 Å². The number of carbonyl (C=O) groups excluding carboxylic acids is 2. The number of rotatable bonds is 6. The largest absolute Gasteiger partial charge is 0.497 e. The van der Waals surface area contributed by atoms with E-state index in [4.69, 9.17) is 16.3 Å². The van der Waals surface area contributed by atoms with Crippen molar-refractivity contribution in [1.82, 2.24) is 0 Å². The number of hydrogen-bond donors (Lipinski definition) is 1. The van der Waals surface area contributed by atoms with E-state index in [0.29, 0.717) is 16.5 Å². The molecule has 1 fully saturated rings. The normalized spacial score (nSPS) is 17.2. The molecule has 0 saturated carbocycles. The number of nitrogens with two attached hydrogens (primary N) is 1. The third-order valence-corrected chi connectivity index (χ3v) is 4.56. The number of quaternary nitrogens is 1. The molecular weight excluding hydrogens is 340 g/mol. The summed E-state index contributed by atoms with van der Waals surface area (Å²) in [5.74, 6) is 0.364. The van der Waals surface area contributed by atoms with Gasteiger partial charge in [0.05, 0.1) is 25.8 Å². The van der Waals surface area contributed by atoms with Gasteiger partial charge in [0.2, 0.25) is 5.91 Å². The minimum absolute atomic E-state index is 0.161. The van der Waals surface area contributed by atoms with Gasteiger partial charge in [-0.25, -0.2) is 4.90 Å². The average molecular weight is 360 g/mol. The van der Waals surface area contributed by atoms with Gasteiger partial charge >= 0.3 is 0 Å². The molecule has 5 nitrogen and oxygen atoms in total. The van der Waals surface area contributed by atoms with Crippen molar-refractivity contribution < 1.29 is 19.6 Å². The van der Waals surface area contributed by atoms with Crippen LogP contribution in [0.4, 0.5) is 5.69 Å². The number of carbonyl (C=O) groups is 2. The molecule has 130 valence electrons. The first-order valence-corrected chi connectivity index (χ1v) is 8.55. The van der Waals surface area contributed by atoms with Crippen LogP contribution in [-0.2, 0) is 16.0 Å². The van der Waals surface area contributed by atoms with E-state index in [0.717, 1.165) is 18.5 Å². The minimum Gasteiger partial charge on any atom is -0.497 e. The van der Waals surface area contributed by atoms with Crippen molar-refractivity contribution in [2.45, 2.75) is 18.9 Å². The number of halogens is 1. The maximum Gasteiger partial charge on any atom is 0.292 e. The summed E-state index contributed by atoms with van der Waals surface area (Å²) in [4.78, 5) is 26.1. The highest BCUT2D eigenvalue weighted by molar-refractivity contribution is 6.30. The molecule has 1 aliphatic rings. The third-order valence-electron chi connectivity index (χ3n) is 4.31. The predicted molar refractivity (Wildman–Crippen MR) is 95.8 cm³/mol. The van der Waals surface area contributed by atoms with Gasteiger partial charge in [-0.2, -0.15) is 0 Å². The summed E-state index contributed by atoms with van der Waals surface area (Å²) in [6.45, 7) is 0.738. The van der Waals surface area contributed by atoms with Gasteiger partial charge in [-0.3, -0.25) is 9.59 Å². The van der Waals surface area contributed by atoms with Crippen molar-refractivity contribution in [3.05, 3.63) is 59.1 Å². The second kappa shape index (κ2) is 7.68. The third kappa shape index (κ3) is 4.00. The maximum atomic E-state index is 12.6.